The second-order valence-electron chi connectivity index (χ2n) is 15.1. The number of para-hydroxylation sites is 3. The van der Waals surface area contributed by atoms with Crippen LogP contribution in [0.3, 0.4) is 0 Å². The minimum absolute atomic E-state index is 0.369. The fourth-order valence-corrected chi connectivity index (χ4v) is 8.96. The maximum absolute atomic E-state index is 13.0. The minimum atomic E-state index is -2.09. The van der Waals surface area contributed by atoms with Crippen LogP contribution < -0.4 is 19.4 Å². The van der Waals surface area contributed by atoms with Crippen LogP contribution in [0.5, 0.6) is 5.75 Å². The number of hydrogen-bond donors (Lipinski definition) is 0. The third-order valence-corrected chi connectivity index (χ3v) is 11.8. The van der Waals surface area contributed by atoms with Gasteiger partial charge in [-0.15, -0.1) is 0 Å². The van der Waals surface area contributed by atoms with Crippen molar-refractivity contribution < 1.29 is 27.8 Å². The van der Waals surface area contributed by atoms with Crippen LogP contribution in [-0.2, 0) is 18.3 Å². The molecule has 6 rings (SSSR count). The number of ether oxygens (including phenoxy) is 1. The van der Waals surface area contributed by atoms with Gasteiger partial charge >= 0.3 is 159 Å². The van der Waals surface area contributed by atoms with Crippen LogP contribution in [0.25, 0.3) is 0 Å². The van der Waals surface area contributed by atoms with E-state index in [1.807, 2.05) is 19.1 Å². The third-order valence-electron chi connectivity index (χ3n) is 9.92. The van der Waals surface area contributed by atoms with Crippen molar-refractivity contribution in [2.75, 3.05) is 27.8 Å². The first kappa shape index (κ1) is 41.7. The molecule has 0 aromatic heterocycles. The molecule has 0 N–H and O–H groups in total. The zero-order valence-corrected chi connectivity index (χ0v) is 36.2. The van der Waals surface area contributed by atoms with Gasteiger partial charge in [0.25, 0.3) is 0 Å². The van der Waals surface area contributed by atoms with Gasteiger partial charge < -0.3 is 9.80 Å². The van der Waals surface area contributed by atoms with E-state index < -0.39 is 19.6 Å². The van der Waals surface area contributed by atoms with Gasteiger partial charge in [-0.25, -0.2) is 0 Å². The Morgan fingerprint density at radius 1 is 0.741 bits per heavy atom. The molecule has 6 nitrogen and oxygen atoms in total. The van der Waals surface area contributed by atoms with Crippen molar-refractivity contribution in [3.63, 3.8) is 0 Å². The van der Waals surface area contributed by atoms with Gasteiger partial charge in [-0.2, -0.15) is 6.67 Å². The molecule has 1 unspecified atom stereocenters. The Labute approximate surface area is 335 Å². The summed E-state index contributed by atoms with van der Waals surface area (Å²) in [6.45, 7) is 24.7. The number of amides is 2. The predicted molar refractivity (Wildman–Crippen MR) is 225 cm³/mol. The molecular weight excluding hydrogens is 802 g/mol. The summed E-state index contributed by atoms with van der Waals surface area (Å²) in [6.07, 6.45) is -0.269. The van der Waals surface area contributed by atoms with Gasteiger partial charge in [0.05, 0.1) is 0 Å². The Kier molecular flexibility index (Phi) is 14.2. The second kappa shape index (κ2) is 18.4. The molecule has 1 atom stereocenters. The van der Waals surface area contributed by atoms with Crippen LogP contribution in [0.2, 0.25) is 0 Å². The molecule has 4 aromatic carbocycles. The normalized spacial score (nSPS) is 15.8. The number of benzene rings is 4. The topological polar surface area (TPSA) is 53.1 Å². The molecule has 0 spiro atoms. The average Bonchev–Trinajstić information content (AvgIpc) is 3.64. The van der Waals surface area contributed by atoms with E-state index in [4.69, 9.17) is 24.1 Å². The molecule has 2 aliphatic heterocycles. The van der Waals surface area contributed by atoms with Gasteiger partial charge in [-0.05, 0) is 45.9 Å². The second-order valence-corrected chi connectivity index (χ2v) is 20.8. The predicted octanol–water partition coefficient (Wildman–Crippen LogP) is 11.7. The monoisotopic (exact) mass is 856 g/mol. The number of carbonyl (C=O) groups is 2. The number of hydrogen-bond acceptors (Lipinski definition) is 5. The zero-order chi connectivity index (χ0) is 39.3. The summed E-state index contributed by atoms with van der Waals surface area (Å²) in [6, 6.07) is 27.7. The number of rotatable bonds is 9. The zero-order valence-electron chi connectivity index (χ0n) is 32.9. The van der Waals surface area contributed by atoms with Crippen LogP contribution in [0.4, 0.5) is 17.1 Å². The van der Waals surface area contributed by atoms with E-state index >= 15 is 0 Å². The molecule has 0 aliphatic carbocycles. The van der Waals surface area contributed by atoms with Gasteiger partial charge in [-0.3, -0.25) is 0 Å². The first-order valence-corrected chi connectivity index (χ1v) is 24.4. The third kappa shape index (κ3) is 9.12. The van der Waals surface area contributed by atoms with Crippen molar-refractivity contribution in [3.8, 4) is 5.75 Å². The van der Waals surface area contributed by atoms with Gasteiger partial charge in [0, 0.05) is 24.5 Å². The molecule has 0 bridgehead atoms. The molecule has 54 heavy (non-hydrogen) atoms. The molecule has 0 radical (unpaired) electrons. The van der Waals surface area contributed by atoms with E-state index in [-0.39, 0.29) is 11.8 Å². The van der Waals surface area contributed by atoms with E-state index in [0.717, 1.165) is 13.1 Å². The van der Waals surface area contributed by atoms with E-state index in [1.165, 1.54) is 38.5 Å². The SMILES string of the molecule is CC(C)c1cccc(C(C)C)c1N1[CH-]N(c2c(C(C)C)cccc2C(C)C)CC1.CCC1Oc2c([CH]=[Ru]([Cl])[Cl])cccc2N(C(=O)c2ccccc2)C1=O. The van der Waals surface area contributed by atoms with Gasteiger partial charge in [0.1, 0.15) is 0 Å². The Morgan fingerprint density at radius 2 is 1.20 bits per heavy atom. The van der Waals surface area contributed by atoms with Gasteiger partial charge in [0.2, 0.25) is 0 Å². The Bertz CT molecular complexity index is 1850. The maximum atomic E-state index is 13.0. The number of imide groups is 1. The molecule has 9 heteroatoms. The summed E-state index contributed by atoms with van der Waals surface area (Å²) in [7, 11) is 12.0. The van der Waals surface area contributed by atoms with Crippen molar-refractivity contribution in [2.45, 2.75) is 98.5 Å². The summed E-state index contributed by atoms with van der Waals surface area (Å²) in [4.78, 5) is 32.0. The molecular formula is C45H54Cl2N3O3Ru-. The van der Waals surface area contributed by atoms with Crippen molar-refractivity contribution in [1.82, 2.24) is 0 Å². The van der Waals surface area contributed by atoms with Crippen LogP contribution in [0, 0.1) is 6.67 Å². The van der Waals surface area contributed by atoms with Crippen LogP contribution in [0.15, 0.2) is 84.9 Å². The molecule has 2 amide bonds. The summed E-state index contributed by atoms with van der Waals surface area (Å²) in [5.74, 6) is 1.78. The number of fused-ring (bicyclic) bond motifs is 1. The van der Waals surface area contributed by atoms with Gasteiger partial charge in [0.15, 0.2) is 0 Å². The van der Waals surface area contributed by atoms with Crippen molar-refractivity contribution in [1.29, 1.82) is 0 Å². The van der Waals surface area contributed by atoms with E-state index in [9.17, 15) is 9.59 Å². The van der Waals surface area contributed by atoms with Crippen molar-refractivity contribution in [2.24, 2.45) is 0 Å². The summed E-state index contributed by atoms with van der Waals surface area (Å²) >= 11 is -2.09. The molecule has 1 saturated heterocycles. The molecule has 2 heterocycles. The van der Waals surface area contributed by atoms with Crippen LogP contribution >= 0.6 is 19.4 Å². The van der Waals surface area contributed by atoms with E-state index in [1.54, 1.807) is 41.0 Å². The Balaban J connectivity index is 0.000000210. The average molecular weight is 857 g/mol. The number of nitrogens with zero attached hydrogens (tertiary/aromatic N) is 3. The quantitative estimate of drug-likeness (QED) is 0.0953. The Hall–Kier alpha value is -3.51. The fraction of sp³-hybridized carbons (Fsp3) is 0.378. The molecule has 0 saturated carbocycles. The van der Waals surface area contributed by atoms with Crippen LogP contribution in [0.1, 0.15) is 131 Å². The van der Waals surface area contributed by atoms with Crippen molar-refractivity contribution >= 4 is 52.9 Å². The summed E-state index contributed by atoms with van der Waals surface area (Å²) < 4.78 is 7.62. The van der Waals surface area contributed by atoms with Gasteiger partial charge in [-0.1, -0.05) is 91.8 Å². The van der Waals surface area contributed by atoms with Crippen molar-refractivity contribution in [3.05, 3.63) is 125 Å². The fourth-order valence-electron chi connectivity index (χ4n) is 7.17. The molecule has 2 aliphatic rings. The Morgan fingerprint density at radius 3 is 1.63 bits per heavy atom. The molecule has 4 aromatic rings. The standard InChI is InChI=1S/C27H39N2.C18H15NO3.2ClH.Ru/c1-18(2)22-11-9-12-23(19(3)4)26(22)28-15-16-29(17-28)27-24(20(5)6)13-10-14-25(27)21(7)8;1-3-15-18(21)19(17(20)13-9-5-4-6-10-13)14-11-7-8-12(2)16(14)22-15;;;/h9-14,17-21H,15-16H2,1-8H3;2,4-11,15H,3H2,1H3;2*1H;/q-1;;;;+2/p-2. The molecule has 1 fully saturated rings. The number of halogens is 2. The van der Waals surface area contributed by atoms with E-state index in [0.29, 0.717) is 52.7 Å². The number of anilines is 3. The number of carbonyl (C=O) groups excluding carboxylic acids is 2. The first-order valence-electron chi connectivity index (χ1n) is 18.9. The van der Waals surface area contributed by atoms with E-state index in [2.05, 4.69) is 108 Å². The summed E-state index contributed by atoms with van der Waals surface area (Å²) in [5, 5.41) is 0. The summed E-state index contributed by atoms with van der Waals surface area (Å²) in [5.41, 5.74) is 10.2. The first-order chi connectivity index (χ1) is 25.7. The molecule has 290 valence electrons. The van der Waals surface area contributed by atoms with Crippen LogP contribution in [-0.4, -0.2) is 35.6 Å².